The highest BCUT2D eigenvalue weighted by atomic mass is 16.3. The van der Waals surface area contributed by atoms with E-state index in [9.17, 15) is 4.79 Å². The quantitative estimate of drug-likeness (QED) is 0.741. The second-order valence-corrected chi connectivity index (χ2v) is 8.63. The molecule has 7 nitrogen and oxygen atoms in total. The van der Waals surface area contributed by atoms with Gasteiger partial charge in [0, 0.05) is 49.9 Å². The maximum Gasteiger partial charge on any atom is 0.290 e. The number of carboxylic acid groups (broad SMARTS) is 1. The molecule has 7 heteroatoms. The molecule has 2 aliphatic heterocycles. The third kappa shape index (κ3) is 5.73. The van der Waals surface area contributed by atoms with Crippen LogP contribution >= 0.6 is 0 Å². The Labute approximate surface area is 184 Å². The van der Waals surface area contributed by atoms with E-state index in [0.29, 0.717) is 12.3 Å². The molecule has 0 saturated carbocycles. The standard InChI is InChI=1S/C23H32N4O.CH2O2/c1-3-26-17-21(15-24-26)16-25-13-4-10-23(12-14-25)11-9-22(28)27(23)18-20-7-5-19(2)6-8-20;2-1-3/h5-8,15,17H,3-4,9-14,16,18H2,1-2H3;1H,(H,2,3). The second kappa shape index (κ2) is 10.6. The highest BCUT2D eigenvalue weighted by molar-refractivity contribution is 5.79. The van der Waals surface area contributed by atoms with E-state index >= 15 is 0 Å². The predicted molar refractivity (Wildman–Crippen MR) is 119 cm³/mol. The van der Waals surface area contributed by atoms with E-state index in [1.165, 1.54) is 16.7 Å². The first-order chi connectivity index (χ1) is 15.0. The molecule has 2 aromatic rings. The molecular formula is C24H34N4O3. The molecule has 2 saturated heterocycles. The molecule has 168 valence electrons. The summed E-state index contributed by atoms with van der Waals surface area (Å²) >= 11 is 0. The van der Waals surface area contributed by atoms with Gasteiger partial charge in [0.25, 0.3) is 6.47 Å². The van der Waals surface area contributed by atoms with E-state index in [1.54, 1.807) is 0 Å². The summed E-state index contributed by atoms with van der Waals surface area (Å²) < 4.78 is 1.99. The number of nitrogens with zero attached hydrogens (tertiary/aromatic N) is 4. The Morgan fingerprint density at radius 2 is 1.84 bits per heavy atom. The Bertz CT molecular complexity index is 864. The van der Waals surface area contributed by atoms with Crippen molar-refractivity contribution < 1.29 is 14.7 Å². The Morgan fingerprint density at radius 1 is 1.10 bits per heavy atom. The first-order valence-corrected chi connectivity index (χ1v) is 11.2. The molecule has 3 heterocycles. The average Bonchev–Trinajstić information content (AvgIpc) is 3.26. The van der Waals surface area contributed by atoms with Crippen molar-refractivity contribution in [3.05, 3.63) is 53.3 Å². The van der Waals surface area contributed by atoms with Crippen molar-refractivity contribution in [3.63, 3.8) is 0 Å². The Balaban J connectivity index is 0.000000858. The van der Waals surface area contributed by atoms with Crippen molar-refractivity contribution in [2.24, 2.45) is 0 Å². The number of benzene rings is 1. The maximum absolute atomic E-state index is 12.7. The van der Waals surface area contributed by atoms with E-state index < -0.39 is 0 Å². The van der Waals surface area contributed by atoms with E-state index in [0.717, 1.165) is 58.4 Å². The first kappa shape index (κ1) is 23.0. The molecule has 1 atom stereocenters. The second-order valence-electron chi connectivity index (χ2n) is 8.63. The van der Waals surface area contributed by atoms with Crippen molar-refractivity contribution in [3.8, 4) is 0 Å². The zero-order valence-electron chi connectivity index (χ0n) is 18.7. The van der Waals surface area contributed by atoms with Crippen LogP contribution < -0.4 is 0 Å². The van der Waals surface area contributed by atoms with Gasteiger partial charge in [-0.05, 0) is 51.6 Å². The van der Waals surface area contributed by atoms with Crippen molar-refractivity contribution in [1.29, 1.82) is 0 Å². The summed E-state index contributed by atoms with van der Waals surface area (Å²) in [6.07, 6.45) is 9.21. The van der Waals surface area contributed by atoms with Crippen molar-refractivity contribution in [2.75, 3.05) is 13.1 Å². The lowest BCUT2D eigenvalue weighted by molar-refractivity contribution is -0.132. The number of rotatable bonds is 5. The SMILES string of the molecule is CCn1cc(CN2CCCC3(CCC(=O)N3Cc3ccc(C)cc3)CC2)cn1.O=CO. The van der Waals surface area contributed by atoms with Gasteiger partial charge in [-0.25, -0.2) is 0 Å². The Kier molecular flexibility index (Phi) is 7.85. The zero-order valence-corrected chi connectivity index (χ0v) is 18.7. The maximum atomic E-state index is 12.7. The minimum Gasteiger partial charge on any atom is -0.483 e. The minimum absolute atomic E-state index is 0.0460. The molecule has 1 N–H and O–H groups in total. The number of carbonyl (C=O) groups excluding carboxylic acids is 1. The predicted octanol–water partition coefficient (Wildman–Crippen LogP) is 3.46. The third-order valence-electron chi connectivity index (χ3n) is 6.57. The summed E-state index contributed by atoms with van der Waals surface area (Å²) in [6.45, 7) is 8.76. The lowest BCUT2D eigenvalue weighted by Gasteiger charge is -2.38. The molecule has 1 spiro atoms. The minimum atomic E-state index is -0.250. The number of likely N-dealkylation sites (tertiary alicyclic amines) is 2. The van der Waals surface area contributed by atoms with E-state index in [-0.39, 0.29) is 12.0 Å². The van der Waals surface area contributed by atoms with Gasteiger partial charge in [-0.2, -0.15) is 5.10 Å². The zero-order chi connectivity index (χ0) is 22.3. The van der Waals surface area contributed by atoms with Crippen LogP contribution in [0.25, 0.3) is 0 Å². The summed E-state index contributed by atoms with van der Waals surface area (Å²) in [5, 5.41) is 11.3. The van der Waals surface area contributed by atoms with Crippen LogP contribution in [0.5, 0.6) is 0 Å². The van der Waals surface area contributed by atoms with E-state index in [4.69, 9.17) is 9.90 Å². The van der Waals surface area contributed by atoms with Crippen molar-refractivity contribution in [1.82, 2.24) is 19.6 Å². The van der Waals surface area contributed by atoms with Gasteiger partial charge in [0.1, 0.15) is 0 Å². The van der Waals surface area contributed by atoms with Crippen molar-refractivity contribution in [2.45, 2.75) is 71.1 Å². The van der Waals surface area contributed by atoms with Crippen molar-refractivity contribution >= 4 is 12.4 Å². The number of aryl methyl sites for hydroxylation is 2. The molecule has 4 rings (SSSR count). The van der Waals surface area contributed by atoms with Crippen LogP contribution in [0.15, 0.2) is 36.7 Å². The first-order valence-electron chi connectivity index (χ1n) is 11.2. The van der Waals surface area contributed by atoms with E-state index in [2.05, 4.69) is 59.2 Å². The summed E-state index contributed by atoms with van der Waals surface area (Å²) in [5.74, 6) is 0.332. The summed E-state index contributed by atoms with van der Waals surface area (Å²) in [4.78, 5) is 25.8. The highest BCUT2D eigenvalue weighted by Gasteiger charge is 2.45. The van der Waals surface area contributed by atoms with Gasteiger partial charge in [-0.1, -0.05) is 29.8 Å². The molecule has 1 aromatic heterocycles. The number of hydrogen-bond donors (Lipinski definition) is 1. The molecule has 0 aliphatic carbocycles. The molecule has 2 fully saturated rings. The summed E-state index contributed by atoms with van der Waals surface area (Å²) in [5.41, 5.74) is 3.84. The molecule has 1 aromatic carbocycles. The number of carbonyl (C=O) groups is 2. The normalized spacial score (nSPS) is 21.6. The fourth-order valence-corrected chi connectivity index (χ4v) is 4.84. The van der Waals surface area contributed by atoms with Gasteiger partial charge in [-0.3, -0.25) is 19.2 Å². The molecule has 31 heavy (non-hydrogen) atoms. The van der Waals surface area contributed by atoms with Crippen LogP contribution in [-0.2, 0) is 29.2 Å². The Morgan fingerprint density at radius 3 is 2.52 bits per heavy atom. The van der Waals surface area contributed by atoms with Gasteiger partial charge < -0.3 is 10.0 Å². The average molecular weight is 427 g/mol. The fraction of sp³-hybridized carbons (Fsp3) is 0.542. The smallest absolute Gasteiger partial charge is 0.290 e. The van der Waals surface area contributed by atoms with Crippen LogP contribution in [-0.4, -0.2) is 55.7 Å². The van der Waals surface area contributed by atoms with Gasteiger partial charge in [0.05, 0.1) is 6.20 Å². The third-order valence-corrected chi connectivity index (χ3v) is 6.57. The van der Waals surface area contributed by atoms with Crippen LogP contribution in [0.1, 0.15) is 55.7 Å². The Hall–Kier alpha value is -2.67. The van der Waals surface area contributed by atoms with Gasteiger partial charge in [0.2, 0.25) is 5.91 Å². The largest absolute Gasteiger partial charge is 0.483 e. The van der Waals surface area contributed by atoms with E-state index in [1.807, 2.05) is 10.9 Å². The lowest BCUT2D eigenvalue weighted by Crippen LogP contribution is -2.45. The molecule has 1 unspecified atom stereocenters. The fourth-order valence-electron chi connectivity index (χ4n) is 4.84. The number of hydrogen-bond acceptors (Lipinski definition) is 4. The van der Waals surface area contributed by atoms with Gasteiger partial charge >= 0.3 is 0 Å². The molecule has 0 bridgehead atoms. The number of aromatic nitrogens is 2. The highest BCUT2D eigenvalue weighted by Crippen LogP contribution is 2.40. The van der Waals surface area contributed by atoms with Crippen LogP contribution in [0.3, 0.4) is 0 Å². The summed E-state index contributed by atoms with van der Waals surface area (Å²) in [6, 6.07) is 8.63. The molecule has 0 radical (unpaired) electrons. The van der Waals surface area contributed by atoms with Gasteiger partial charge in [0.15, 0.2) is 0 Å². The molecule has 1 amide bonds. The summed E-state index contributed by atoms with van der Waals surface area (Å²) in [7, 11) is 0. The number of amides is 1. The van der Waals surface area contributed by atoms with Crippen LogP contribution in [0, 0.1) is 6.92 Å². The molecule has 2 aliphatic rings. The van der Waals surface area contributed by atoms with Gasteiger partial charge in [-0.15, -0.1) is 0 Å². The lowest BCUT2D eigenvalue weighted by atomic mass is 9.87. The topological polar surface area (TPSA) is 78.7 Å². The molecular weight excluding hydrogens is 392 g/mol. The van der Waals surface area contributed by atoms with Crippen LogP contribution in [0.2, 0.25) is 0 Å². The van der Waals surface area contributed by atoms with Crippen LogP contribution in [0.4, 0.5) is 0 Å². The monoisotopic (exact) mass is 426 g/mol.